The van der Waals surface area contributed by atoms with Crippen LogP contribution in [0.25, 0.3) is 0 Å². The first-order valence-corrected chi connectivity index (χ1v) is 6.46. The van der Waals surface area contributed by atoms with Crippen LogP contribution in [0.5, 0.6) is 0 Å². The Labute approximate surface area is 111 Å². The van der Waals surface area contributed by atoms with Gasteiger partial charge in [0.15, 0.2) is 0 Å². The standard InChI is InChI=1S/C12H16Cl2N2O/c13-10-2-1-8(3-11(10)14)4-15-5-9-6-16-7-12(9)17/h1-3,9,12,15-17H,4-7H2. The van der Waals surface area contributed by atoms with E-state index in [1.54, 1.807) is 6.07 Å². The summed E-state index contributed by atoms with van der Waals surface area (Å²) in [5.74, 6) is 0.290. The van der Waals surface area contributed by atoms with Crippen molar-refractivity contribution in [2.75, 3.05) is 19.6 Å². The van der Waals surface area contributed by atoms with Crippen LogP contribution in [0.2, 0.25) is 10.0 Å². The second-order valence-electron chi connectivity index (χ2n) is 4.37. The fourth-order valence-electron chi connectivity index (χ4n) is 1.98. The van der Waals surface area contributed by atoms with Crippen molar-refractivity contribution in [2.24, 2.45) is 5.92 Å². The van der Waals surface area contributed by atoms with Gasteiger partial charge in [-0.3, -0.25) is 0 Å². The molecule has 1 aromatic carbocycles. The van der Waals surface area contributed by atoms with E-state index in [4.69, 9.17) is 23.2 Å². The van der Waals surface area contributed by atoms with Crippen LogP contribution in [0.3, 0.4) is 0 Å². The van der Waals surface area contributed by atoms with Crippen molar-refractivity contribution >= 4 is 23.2 Å². The van der Waals surface area contributed by atoms with Crippen molar-refractivity contribution in [3.05, 3.63) is 33.8 Å². The molecular formula is C12H16Cl2N2O. The molecular weight excluding hydrogens is 259 g/mol. The van der Waals surface area contributed by atoms with Crippen LogP contribution in [-0.2, 0) is 6.54 Å². The molecule has 0 aliphatic carbocycles. The summed E-state index contributed by atoms with van der Waals surface area (Å²) in [5.41, 5.74) is 1.10. The van der Waals surface area contributed by atoms with Gasteiger partial charge in [0.1, 0.15) is 0 Å². The highest BCUT2D eigenvalue weighted by atomic mass is 35.5. The Kier molecular flexibility index (Phi) is 4.65. The highest BCUT2D eigenvalue weighted by Gasteiger charge is 2.23. The first-order valence-electron chi connectivity index (χ1n) is 5.70. The Hall–Kier alpha value is -0.320. The lowest BCUT2D eigenvalue weighted by Crippen LogP contribution is -2.30. The van der Waals surface area contributed by atoms with Gasteiger partial charge in [-0.15, -0.1) is 0 Å². The van der Waals surface area contributed by atoms with Gasteiger partial charge in [-0.2, -0.15) is 0 Å². The number of aliphatic hydroxyl groups is 1. The van der Waals surface area contributed by atoms with E-state index in [1.165, 1.54) is 0 Å². The Balaban J connectivity index is 1.79. The Bertz CT molecular complexity index is 387. The summed E-state index contributed by atoms with van der Waals surface area (Å²) in [6.07, 6.45) is -0.240. The van der Waals surface area contributed by atoms with Crippen molar-refractivity contribution in [1.29, 1.82) is 0 Å². The molecule has 1 aliphatic heterocycles. The van der Waals surface area contributed by atoms with Crippen LogP contribution in [-0.4, -0.2) is 30.8 Å². The second-order valence-corrected chi connectivity index (χ2v) is 5.18. The summed E-state index contributed by atoms with van der Waals surface area (Å²) < 4.78 is 0. The lowest BCUT2D eigenvalue weighted by Gasteiger charge is -2.14. The zero-order chi connectivity index (χ0) is 12.3. The molecule has 0 radical (unpaired) electrons. The molecule has 0 aromatic heterocycles. The van der Waals surface area contributed by atoms with E-state index in [0.717, 1.165) is 25.2 Å². The van der Waals surface area contributed by atoms with Crippen LogP contribution >= 0.6 is 23.2 Å². The van der Waals surface area contributed by atoms with Crippen LogP contribution in [0.15, 0.2) is 18.2 Å². The first-order chi connectivity index (χ1) is 8.16. The van der Waals surface area contributed by atoms with E-state index in [0.29, 0.717) is 16.6 Å². The highest BCUT2D eigenvalue weighted by molar-refractivity contribution is 6.42. The summed E-state index contributed by atoms with van der Waals surface area (Å²) in [4.78, 5) is 0. The number of rotatable bonds is 4. The van der Waals surface area contributed by atoms with Gasteiger partial charge in [-0.1, -0.05) is 29.3 Å². The minimum Gasteiger partial charge on any atom is -0.391 e. The molecule has 0 amide bonds. The molecule has 1 fully saturated rings. The van der Waals surface area contributed by atoms with Gasteiger partial charge in [-0.25, -0.2) is 0 Å². The third-order valence-electron chi connectivity index (χ3n) is 3.02. The number of hydrogen-bond acceptors (Lipinski definition) is 3. The number of benzene rings is 1. The molecule has 3 nitrogen and oxygen atoms in total. The van der Waals surface area contributed by atoms with Gasteiger partial charge < -0.3 is 15.7 Å². The van der Waals surface area contributed by atoms with Gasteiger partial charge in [0.2, 0.25) is 0 Å². The normalized spacial score (nSPS) is 24.2. The minimum atomic E-state index is -0.240. The van der Waals surface area contributed by atoms with Gasteiger partial charge in [0.25, 0.3) is 0 Å². The molecule has 1 heterocycles. The molecule has 94 valence electrons. The monoisotopic (exact) mass is 274 g/mol. The predicted octanol–water partition coefficient (Wildman–Crippen LogP) is 1.66. The summed E-state index contributed by atoms with van der Waals surface area (Å²) in [6.45, 7) is 3.10. The zero-order valence-electron chi connectivity index (χ0n) is 9.42. The smallest absolute Gasteiger partial charge is 0.0716 e. The number of halogens is 2. The highest BCUT2D eigenvalue weighted by Crippen LogP contribution is 2.22. The van der Waals surface area contributed by atoms with E-state index in [2.05, 4.69) is 10.6 Å². The van der Waals surface area contributed by atoms with E-state index in [-0.39, 0.29) is 12.0 Å². The van der Waals surface area contributed by atoms with E-state index in [1.807, 2.05) is 12.1 Å². The molecule has 0 bridgehead atoms. The average molecular weight is 275 g/mol. The number of β-amino-alcohol motifs (C(OH)–C–C–N with tert-alkyl or cyclic N) is 1. The third kappa shape index (κ3) is 3.57. The molecule has 2 rings (SSSR count). The first kappa shape index (κ1) is 13.1. The summed E-state index contributed by atoms with van der Waals surface area (Å²) >= 11 is 11.8. The summed E-state index contributed by atoms with van der Waals surface area (Å²) in [7, 11) is 0. The third-order valence-corrected chi connectivity index (χ3v) is 3.76. The predicted molar refractivity (Wildman–Crippen MR) is 70.5 cm³/mol. The maximum absolute atomic E-state index is 9.63. The van der Waals surface area contributed by atoms with Crippen molar-refractivity contribution in [3.63, 3.8) is 0 Å². The number of nitrogens with one attached hydrogen (secondary N) is 2. The molecule has 0 spiro atoms. The van der Waals surface area contributed by atoms with Gasteiger partial charge >= 0.3 is 0 Å². The Morgan fingerprint density at radius 3 is 2.76 bits per heavy atom. The van der Waals surface area contributed by atoms with Crippen molar-refractivity contribution in [2.45, 2.75) is 12.6 Å². The summed E-state index contributed by atoms with van der Waals surface area (Å²) in [6, 6.07) is 5.61. The van der Waals surface area contributed by atoms with E-state index >= 15 is 0 Å². The number of aliphatic hydroxyl groups excluding tert-OH is 1. The van der Waals surface area contributed by atoms with Crippen LogP contribution in [0.4, 0.5) is 0 Å². The molecule has 0 saturated carbocycles. The maximum Gasteiger partial charge on any atom is 0.0716 e. The van der Waals surface area contributed by atoms with E-state index in [9.17, 15) is 5.11 Å². The Morgan fingerprint density at radius 1 is 1.29 bits per heavy atom. The largest absolute Gasteiger partial charge is 0.391 e. The molecule has 1 aromatic rings. The van der Waals surface area contributed by atoms with Gasteiger partial charge in [0.05, 0.1) is 16.1 Å². The number of hydrogen-bond donors (Lipinski definition) is 3. The van der Waals surface area contributed by atoms with Crippen LogP contribution in [0.1, 0.15) is 5.56 Å². The topological polar surface area (TPSA) is 44.3 Å². The fourth-order valence-corrected chi connectivity index (χ4v) is 2.30. The minimum absolute atomic E-state index is 0.240. The molecule has 17 heavy (non-hydrogen) atoms. The molecule has 3 N–H and O–H groups in total. The molecule has 5 heteroatoms. The average Bonchev–Trinajstić information content (AvgIpc) is 2.70. The SMILES string of the molecule is OC1CNCC1CNCc1ccc(Cl)c(Cl)c1. The van der Waals surface area contributed by atoms with Crippen LogP contribution in [0, 0.1) is 5.92 Å². The molecule has 2 unspecified atom stereocenters. The lowest BCUT2D eigenvalue weighted by atomic mass is 10.1. The molecule has 1 saturated heterocycles. The lowest BCUT2D eigenvalue weighted by molar-refractivity contribution is 0.146. The Morgan fingerprint density at radius 2 is 2.12 bits per heavy atom. The summed E-state index contributed by atoms with van der Waals surface area (Å²) in [5, 5.41) is 17.3. The van der Waals surface area contributed by atoms with Crippen molar-refractivity contribution in [3.8, 4) is 0 Å². The molecule has 2 atom stereocenters. The zero-order valence-corrected chi connectivity index (χ0v) is 10.9. The molecule has 1 aliphatic rings. The van der Waals surface area contributed by atoms with Crippen molar-refractivity contribution < 1.29 is 5.11 Å². The van der Waals surface area contributed by atoms with Crippen molar-refractivity contribution in [1.82, 2.24) is 10.6 Å². The van der Waals surface area contributed by atoms with Gasteiger partial charge in [-0.05, 0) is 17.7 Å². The van der Waals surface area contributed by atoms with Crippen LogP contribution < -0.4 is 10.6 Å². The quantitative estimate of drug-likeness (QED) is 0.783. The van der Waals surface area contributed by atoms with E-state index < -0.39 is 0 Å². The maximum atomic E-state index is 9.63. The fraction of sp³-hybridized carbons (Fsp3) is 0.500. The second kappa shape index (κ2) is 6.03. The van der Waals surface area contributed by atoms with Gasteiger partial charge in [0, 0.05) is 32.1 Å².